The van der Waals surface area contributed by atoms with Crippen LogP contribution in [0.25, 0.3) is 0 Å². The number of anilines is 1. The fraction of sp³-hybridized carbons (Fsp3) is 0.316. The van der Waals surface area contributed by atoms with E-state index >= 15 is 0 Å². The first-order valence-electron chi connectivity index (χ1n) is 8.25. The van der Waals surface area contributed by atoms with Gasteiger partial charge in [0, 0.05) is 17.8 Å². The van der Waals surface area contributed by atoms with Gasteiger partial charge in [0.05, 0.1) is 7.11 Å². The van der Waals surface area contributed by atoms with E-state index in [1.165, 1.54) is 12.1 Å². The Balaban J connectivity index is 1.85. The summed E-state index contributed by atoms with van der Waals surface area (Å²) in [5.41, 5.74) is 1.85. The van der Waals surface area contributed by atoms with Crippen molar-refractivity contribution in [1.82, 2.24) is 5.32 Å². The zero-order chi connectivity index (χ0) is 19.9. The average molecular weight is 382 g/mol. The molecule has 2 amide bonds. The topological polar surface area (TPSA) is 59.6 Å². The van der Waals surface area contributed by atoms with Gasteiger partial charge in [0.1, 0.15) is 11.5 Å². The molecule has 0 saturated carbocycles. The Labute approximate surface area is 155 Å². The van der Waals surface area contributed by atoms with Gasteiger partial charge in [0.25, 0.3) is 0 Å². The van der Waals surface area contributed by atoms with Crippen molar-refractivity contribution in [2.45, 2.75) is 19.5 Å². The number of rotatable bonds is 7. The monoisotopic (exact) mass is 382 g/mol. The van der Waals surface area contributed by atoms with Crippen molar-refractivity contribution in [2.75, 3.05) is 25.6 Å². The van der Waals surface area contributed by atoms with E-state index in [9.17, 15) is 18.0 Å². The number of benzene rings is 2. The lowest BCUT2D eigenvalue weighted by molar-refractivity contribution is -0.153. The Morgan fingerprint density at radius 1 is 1.11 bits per heavy atom. The van der Waals surface area contributed by atoms with E-state index in [0.717, 1.165) is 11.3 Å². The molecule has 0 saturated heterocycles. The van der Waals surface area contributed by atoms with Crippen LogP contribution in [0.3, 0.4) is 0 Å². The second kappa shape index (κ2) is 9.16. The highest BCUT2D eigenvalue weighted by molar-refractivity contribution is 5.90. The molecule has 2 N–H and O–H groups in total. The molecule has 0 fully saturated rings. The van der Waals surface area contributed by atoms with Crippen LogP contribution in [-0.4, -0.2) is 32.5 Å². The lowest BCUT2D eigenvalue weighted by atomic mass is 10.1. The third-order valence-corrected chi connectivity index (χ3v) is 3.78. The summed E-state index contributed by atoms with van der Waals surface area (Å²) in [4.78, 5) is 12.0. The van der Waals surface area contributed by atoms with Gasteiger partial charge in [-0.25, -0.2) is 4.79 Å². The van der Waals surface area contributed by atoms with Crippen LogP contribution in [0.2, 0.25) is 0 Å². The fourth-order valence-corrected chi connectivity index (χ4v) is 2.34. The number of amides is 2. The summed E-state index contributed by atoms with van der Waals surface area (Å²) in [5.74, 6) is 0.830. The van der Waals surface area contributed by atoms with Gasteiger partial charge < -0.3 is 20.1 Å². The molecular weight excluding hydrogens is 361 g/mol. The average Bonchev–Trinajstić information content (AvgIpc) is 2.62. The normalized spacial score (nSPS) is 11.0. The van der Waals surface area contributed by atoms with Crippen LogP contribution in [0, 0.1) is 6.92 Å². The maximum absolute atomic E-state index is 12.3. The van der Waals surface area contributed by atoms with Crippen LogP contribution in [0.1, 0.15) is 11.1 Å². The third kappa shape index (κ3) is 6.73. The molecule has 2 aromatic rings. The van der Waals surface area contributed by atoms with Gasteiger partial charge in [-0.2, -0.15) is 13.2 Å². The molecule has 5 nitrogen and oxygen atoms in total. The quantitative estimate of drug-likeness (QED) is 0.750. The molecular formula is C19H21F3N2O3. The predicted molar refractivity (Wildman–Crippen MR) is 96.4 cm³/mol. The maximum Gasteiger partial charge on any atom is 0.422 e. The van der Waals surface area contributed by atoms with Crippen molar-refractivity contribution in [3.05, 3.63) is 53.6 Å². The van der Waals surface area contributed by atoms with E-state index in [0.29, 0.717) is 24.2 Å². The van der Waals surface area contributed by atoms with E-state index in [1.54, 1.807) is 20.1 Å². The molecule has 0 radical (unpaired) electrons. The lowest BCUT2D eigenvalue weighted by Crippen LogP contribution is -2.30. The number of methoxy groups -OCH3 is 1. The molecule has 2 rings (SSSR count). The van der Waals surface area contributed by atoms with Gasteiger partial charge in [-0.15, -0.1) is 0 Å². The van der Waals surface area contributed by atoms with Crippen LogP contribution in [0.4, 0.5) is 23.7 Å². The summed E-state index contributed by atoms with van der Waals surface area (Å²) in [5, 5.41) is 5.33. The molecule has 146 valence electrons. The molecule has 0 aliphatic carbocycles. The highest BCUT2D eigenvalue weighted by atomic mass is 19.4. The minimum Gasteiger partial charge on any atom is -0.497 e. The van der Waals surface area contributed by atoms with Crippen LogP contribution in [0.5, 0.6) is 11.5 Å². The smallest absolute Gasteiger partial charge is 0.422 e. The highest BCUT2D eigenvalue weighted by Crippen LogP contribution is 2.27. The summed E-state index contributed by atoms with van der Waals surface area (Å²) >= 11 is 0. The second-order valence-electron chi connectivity index (χ2n) is 5.81. The zero-order valence-electron chi connectivity index (χ0n) is 15.0. The van der Waals surface area contributed by atoms with Gasteiger partial charge in [-0.1, -0.05) is 18.2 Å². The molecule has 0 bridgehead atoms. The molecule has 0 aliphatic rings. The highest BCUT2D eigenvalue weighted by Gasteiger charge is 2.28. The van der Waals surface area contributed by atoms with E-state index in [1.807, 2.05) is 24.3 Å². The first-order valence-corrected chi connectivity index (χ1v) is 8.25. The van der Waals surface area contributed by atoms with Crippen LogP contribution in [-0.2, 0) is 6.42 Å². The number of ether oxygens (including phenoxy) is 2. The van der Waals surface area contributed by atoms with Crippen molar-refractivity contribution >= 4 is 11.7 Å². The second-order valence-corrected chi connectivity index (χ2v) is 5.81. The van der Waals surface area contributed by atoms with Crippen molar-refractivity contribution in [1.29, 1.82) is 0 Å². The lowest BCUT2D eigenvalue weighted by Gasteiger charge is -2.15. The number of hydrogen-bond donors (Lipinski definition) is 2. The van der Waals surface area contributed by atoms with Gasteiger partial charge >= 0.3 is 12.2 Å². The largest absolute Gasteiger partial charge is 0.497 e. The summed E-state index contributed by atoms with van der Waals surface area (Å²) in [6.45, 7) is 0.603. The SMILES string of the molecule is COc1ccc(CCNC(=O)Nc2cccc(OCC(F)(F)F)c2C)cc1. The third-order valence-electron chi connectivity index (χ3n) is 3.78. The number of carbonyl (C=O) groups excluding carboxylic acids is 1. The zero-order valence-corrected chi connectivity index (χ0v) is 15.0. The maximum atomic E-state index is 12.3. The summed E-state index contributed by atoms with van der Waals surface area (Å²) in [7, 11) is 1.59. The predicted octanol–water partition coefficient (Wildman–Crippen LogP) is 4.31. The summed E-state index contributed by atoms with van der Waals surface area (Å²) in [6.07, 6.45) is -3.79. The molecule has 8 heteroatoms. The summed E-state index contributed by atoms with van der Waals surface area (Å²) in [6, 6.07) is 11.6. The number of carbonyl (C=O) groups is 1. The Hall–Kier alpha value is -2.90. The Bertz CT molecular complexity index is 762. The van der Waals surface area contributed by atoms with Crippen molar-refractivity contribution < 1.29 is 27.4 Å². The fourth-order valence-electron chi connectivity index (χ4n) is 2.34. The first-order chi connectivity index (χ1) is 12.8. The van der Waals surface area contributed by atoms with Gasteiger partial charge in [0.15, 0.2) is 6.61 Å². The number of urea groups is 1. The number of halogens is 3. The van der Waals surface area contributed by atoms with Crippen molar-refractivity contribution in [2.24, 2.45) is 0 Å². The molecule has 0 atom stereocenters. The van der Waals surface area contributed by atoms with Gasteiger partial charge in [-0.3, -0.25) is 0 Å². The summed E-state index contributed by atoms with van der Waals surface area (Å²) < 4.78 is 46.7. The van der Waals surface area contributed by atoms with E-state index in [-0.39, 0.29) is 5.75 Å². The van der Waals surface area contributed by atoms with E-state index in [2.05, 4.69) is 10.6 Å². The van der Waals surface area contributed by atoms with Gasteiger partial charge in [-0.05, 0) is 43.2 Å². The number of hydrogen-bond acceptors (Lipinski definition) is 3. The van der Waals surface area contributed by atoms with Crippen LogP contribution >= 0.6 is 0 Å². The minimum absolute atomic E-state index is 0.0726. The van der Waals surface area contributed by atoms with Crippen LogP contribution in [0.15, 0.2) is 42.5 Å². The standard InChI is InChI=1S/C19H21F3N2O3/c1-13-16(4-3-5-17(13)27-12-19(20,21)22)24-18(25)23-11-10-14-6-8-15(26-2)9-7-14/h3-9H,10-12H2,1-2H3,(H2,23,24,25). The van der Waals surface area contributed by atoms with E-state index in [4.69, 9.17) is 9.47 Å². The molecule has 0 aromatic heterocycles. The van der Waals surface area contributed by atoms with Gasteiger partial charge in [0.2, 0.25) is 0 Å². The molecule has 0 aliphatic heterocycles. The first kappa shape index (κ1) is 20.4. The molecule has 0 spiro atoms. The Morgan fingerprint density at radius 3 is 2.44 bits per heavy atom. The van der Waals surface area contributed by atoms with E-state index < -0.39 is 18.8 Å². The number of nitrogens with one attached hydrogen (secondary N) is 2. The molecule has 0 unspecified atom stereocenters. The minimum atomic E-state index is -4.42. The number of alkyl halides is 3. The molecule has 2 aromatic carbocycles. The Kier molecular flexibility index (Phi) is 6.92. The molecule has 27 heavy (non-hydrogen) atoms. The molecule has 0 heterocycles. The van der Waals surface area contributed by atoms with Crippen LogP contribution < -0.4 is 20.1 Å². The Morgan fingerprint density at radius 2 is 1.81 bits per heavy atom. The van der Waals surface area contributed by atoms with Crippen molar-refractivity contribution in [3.8, 4) is 11.5 Å². The van der Waals surface area contributed by atoms with Crippen molar-refractivity contribution in [3.63, 3.8) is 0 Å².